The molecule has 0 unspecified atom stereocenters. The van der Waals surface area contributed by atoms with Crippen LogP contribution in [0.2, 0.25) is 0 Å². The molecule has 7 heteroatoms. The highest BCUT2D eigenvalue weighted by molar-refractivity contribution is 14.1. The standard InChI is InChI=1S/C12H15IN2O4/c1-8(2)19-6-5-14-12(16)10-7-9(15(17)18)3-4-11(10)13/h3-4,7-8H,5-6H2,1-2H3,(H,14,16). The van der Waals surface area contributed by atoms with Crippen LogP contribution in [0.4, 0.5) is 5.69 Å². The van der Waals surface area contributed by atoms with Crippen LogP contribution in [-0.4, -0.2) is 30.1 Å². The van der Waals surface area contributed by atoms with E-state index in [1.807, 2.05) is 36.4 Å². The first-order valence-electron chi connectivity index (χ1n) is 5.75. The van der Waals surface area contributed by atoms with E-state index in [4.69, 9.17) is 4.74 Å². The average Bonchev–Trinajstić information content (AvgIpc) is 2.34. The summed E-state index contributed by atoms with van der Waals surface area (Å²) in [4.78, 5) is 22.0. The average molecular weight is 378 g/mol. The molecule has 0 spiro atoms. The molecule has 0 fully saturated rings. The van der Waals surface area contributed by atoms with Crippen LogP contribution in [0, 0.1) is 13.7 Å². The van der Waals surface area contributed by atoms with Crippen molar-refractivity contribution in [3.63, 3.8) is 0 Å². The Morgan fingerprint density at radius 2 is 2.21 bits per heavy atom. The van der Waals surface area contributed by atoms with Gasteiger partial charge in [0.05, 0.1) is 23.2 Å². The minimum atomic E-state index is -0.519. The zero-order valence-electron chi connectivity index (χ0n) is 10.7. The van der Waals surface area contributed by atoms with E-state index < -0.39 is 4.92 Å². The number of hydrogen-bond acceptors (Lipinski definition) is 4. The number of halogens is 1. The molecule has 1 aromatic rings. The van der Waals surface area contributed by atoms with Gasteiger partial charge >= 0.3 is 0 Å². The van der Waals surface area contributed by atoms with Crippen LogP contribution in [0.15, 0.2) is 18.2 Å². The summed E-state index contributed by atoms with van der Waals surface area (Å²) in [5.41, 5.74) is 0.211. The third-order valence-corrected chi connectivity index (χ3v) is 3.18. The topological polar surface area (TPSA) is 81.5 Å². The van der Waals surface area contributed by atoms with Gasteiger partial charge in [-0.1, -0.05) is 0 Å². The Bertz CT molecular complexity index is 477. The van der Waals surface area contributed by atoms with Gasteiger partial charge in [-0.15, -0.1) is 0 Å². The number of non-ortho nitro benzene ring substituents is 1. The number of hydrogen-bond donors (Lipinski definition) is 1. The highest BCUT2D eigenvalue weighted by Gasteiger charge is 2.15. The van der Waals surface area contributed by atoms with Crippen LogP contribution in [0.3, 0.4) is 0 Å². The third kappa shape index (κ3) is 5.11. The minimum Gasteiger partial charge on any atom is -0.377 e. The van der Waals surface area contributed by atoms with E-state index >= 15 is 0 Å². The smallest absolute Gasteiger partial charge is 0.270 e. The predicted octanol–water partition coefficient (Wildman–Crippen LogP) is 2.35. The van der Waals surface area contributed by atoms with E-state index in [2.05, 4.69) is 5.32 Å². The summed E-state index contributed by atoms with van der Waals surface area (Å²) in [5.74, 6) is -0.333. The fourth-order valence-electron chi connectivity index (χ4n) is 1.36. The summed E-state index contributed by atoms with van der Waals surface area (Å²) in [5, 5.41) is 13.3. The van der Waals surface area contributed by atoms with Crippen LogP contribution in [-0.2, 0) is 4.74 Å². The summed E-state index contributed by atoms with van der Waals surface area (Å²) in [7, 11) is 0. The Kier molecular flexibility index (Phi) is 6.16. The molecule has 19 heavy (non-hydrogen) atoms. The third-order valence-electron chi connectivity index (χ3n) is 2.24. The molecule has 0 radical (unpaired) electrons. The molecule has 1 N–H and O–H groups in total. The number of carbonyl (C=O) groups excluding carboxylic acids is 1. The number of nitrogens with one attached hydrogen (secondary N) is 1. The number of nitrogens with zero attached hydrogens (tertiary/aromatic N) is 1. The van der Waals surface area contributed by atoms with Gasteiger partial charge in [-0.2, -0.15) is 0 Å². The fraction of sp³-hybridized carbons (Fsp3) is 0.417. The highest BCUT2D eigenvalue weighted by atomic mass is 127. The first kappa shape index (κ1) is 15.8. The molecule has 0 saturated carbocycles. The molecule has 0 atom stereocenters. The number of nitro groups is 1. The highest BCUT2D eigenvalue weighted by Crippen LogP contribution is 2.19. The molecule has 0 bridgehead atoms. The summed E-state index contributed by atoms with van der Waals surface area (Å²) < 4.78 is 5.97. The lowest BCUT2D eigenvalue weighted by molar-refractivity contribution is -0.384. The first-order valence-corrected chi connectivity index (χ1v) is 6.83. The number of benzene rings is 1. The van der Waals surface area contributed by atoms with Crippen molar-refractivity contribution in [1.82, 2.24) is 5.32 Å². The van der Waals surface area contributed by atoms with Gasteiger partial charge in [-0.3, -0.25) is 14.9 Å². The van der Waals surface area contributed by atoms with Gasteiger partial charge in [0, 0.05) is 22.2 Å². The normalized spacial score (nSPS) is 10.5. The maximum absolute atomic E-state index is 11.9. The largest absolute Gasteiger partial charge is 0.377 e. The molecule has 6 nitrogen and oxygen atoms in total. The first-order chi connectivity index (χ1) is 8.91. The molecule has 0 aromatic heterocycles. The molecule has 1 rings (SSSR count). The summed E-state index contributed by atoms with van der Waals surface area (Å²) in [6.07, 6.45) is 0.106. The van der Waals surface area contributed by atoms with Gasteiger partial charge < -0.3 is 10.1 Å². The van der Waals surface area contributed by atoms with E-state index in [0.717, 1.165) is 0 Å². The van der Waals surface area contributed by atoms with Crippen molar-refractivity contribution in [2.45, 2.75) is 20.0 Å². The second kappa shape index (κ2) is 7.39. The van der Waals surface area contributed by atoms with Crippen LogP contribution >= 0.6 is 22.6 Å². The SMILES string of the molecule is CC(C)OCCNC(=O)c1cc([N+](=O)[O-])ccc1I. The van der Waals surface area contributed by atoms with Gasteiger partial charge in [0.25, 0.3) is 11.6 Å². The molecule has 0 heterocycles. The monoisotopic (exact) mass is 378 g/mol. The molecule has 0 saturated heterocycles. The Labute approximate surface area is 124 Å². The summed E-state index contributed by atoms with van der Waals surface area (Å²) in [6, 6.07) is 4.21. The summed E-state index contributed by atoms with van der Waals surface area (Å²) in [6.45, 7) is 4.60. The molecule has 0 aliphatic rings. The zero-order chi connectivity index (χ0) is 14.4. The van der Waals surface area contributed by atoms with E-state index in [-0.39, 0.29) is 17.7 Å². The van der Waals surface area contributed by atoms with Crippen molar-refractivity contribution in [2.24, 2.45) is 0 Å². The Morgan fingerprint density at radius 3 is 2.79 bits per heavy atom. The van der Waals surface area contributed by atoms with Crippen LogP contribution in [0.5, 0.6) is 0 Å². The van der Waals surface area contributed by atoms with Crippen molar-refractivity contribution in [1.29, 1.82) is 0 Å². The number of nitro benzene ring substituents is 1. The number of carbonyl (C=O) groups is 1. The summed E-state index contributed by atoms with van der Waals surface area (Å²) >= 11 is 1.97. The number of ether oxygens (including phenoxy) is 1. The van der Waals surface area contributed by atoms with E-state index in [9.17, 15) is 14.9 Å². The lowest BCUT2D eigenvalue weighted by atomic mass is 10.2. The molecular formula is C12H15IN2O4. The molecule has 104 valence electrons. The zero-order valence-corrected chi connectivity index (χ0v) is 12.8. The fourth-order valence-corrected chi connectivity index (χ4v) is 1.94. The van der Waals surface area contributed by atoms with E-state index in [1.165, 1.54) is 12.1 Å². The lowest BCUT2D eigenvalue weighted by Gasteiger charge is -2.09. The second-order valence-electron chi connectivity index (χ2n) is 4.10. The molecule has 1 aromatic carbocycles. The minimum absolute atomic E-state index is 0.0935. The van der Waals surface area contributed by atoms with Gasteiger partial charge in [-0.05, 0) is 42.5 Å². The predicted molar refractivity (Wildman–Crippen MR) is 79.2 cm³/mol. The Balaban J connectivity index is 2.66. The Hall–Kier alpha value is -1.22. The van der Waals surface area contributed by atoms with Crippen LogP contribution < -0.4 is 5.32 Å². The van der Waals surface area contributed by atoms with Gasteiger partial charge in [-0.25, -0.2) is 0 Å². The van der Waals surface area contributed by atoms with Crippen molar-refractivity contribution >= 4 is 34.2 Å². The van der Waals surface area contributed by atoms with E-state index in [1.54, 1.807) is 6.07 Å². The van der Waals surface area contributed by atoms with Crippen LogP contribution in [0.25, 0.3) is 0 Å². The van der Waals surface area contributed by atoms with Gasteiger partial charge in [0.1, 0.15) is 0 Å². The number of amides is 1. The molecule has 0 aliphatic heterocycles. The Morgan fingerprint density at radius 1 is 1.53 bits per heavy atom. The van der Waals surface area contributed by atoms with Crippen molar-refractivity contribution in [2.75, 3.05) is 13.2 Å². The molecule has 1 amide bonds. The van der Waals surface area contributed by atoms with Crippen LogP contribution in [0.1, 0.15) is 24.2 Å². The van der Waals surface area contributed by atoms with Gasteiger partial charge in [0.2, 0.25) is 0 Å². The molecule has 0 aliphatic carbocycles. The van der Waals surface area contributed by atoms with Crippen molar-refractivity contribution < 1.29 is 14.5 Å². The molecular weight excluding hydrogens is 363 g/mol. The van der Waals surface area contributed by atoms with Crippen molar-refractivity contribution in [3.8, 4) is 0 Å². The second-order valence-corrected chi connectivity index (χ2v) is 5.26. The van der Waals surface area contributed by atoms with E-state index in [0.29, 0.717) is 22.3 Å². The maximum atomic E-state index is 11.9. The quantitative estimate of drug-likeness (QED) is 0.357. The number of rotatable bonds is 6. The van der Waals surface area contributed by atoms with Gasteiger partial charge in [0.15, 0.2) is 0 Å². The van der Waals surface area contributed by atoms with Crippen molar-refractivity contribution in [3.05, 3.63) is 37.4 Å². The lowest BCUT2D eigenvalue weighted by Crippen LogP contribution is -2.28. The maximum Gasteiger partial charge on any atom is 0.270 e.